The molecule has 2 aliphatic rings. The first-order chi connectivity index (χ1) is 10.7. The van der Waals surface area contributed by atoms with Gasteiger partial charge in [-0.15, -0.1) is 0 Å². The molecule has 0 bridgehead atoms. The first-order valence-electron chi connectivity index (χ1n) is 7.99. The Balaban J connectivity index is 1.53. The van der Waals surface area contributed by atoms with Crippen LogP contribution in [0.2, 0.25) is 0 Å². The summed E-state index contributed by atoms with van der Waals surface area (Å²) in [6.07, 6.45) is 7.33. The number of amides is 2. The summed E-state index contributed by atoms with van der Waals surface area (Å²) >= 11 is 0. The summed E-state index contributed by atoms with van der Waals surface area (Å²) < 4.78 is 0. The minimum atomic E-state index is -0.0466. The van der Waals surface area contributed by atoms with Gasteiger partial charge in [0.05, 0.1) is 6.04 Å². The molecule has 1 fully saturated rings. The second-order valence-corrected chi connectivity index (χ2v) is 6.15. The van der Waals surface area contributed by atoms with Crippen molar-refractivity contribution in [1.82, 2.24) is 10.2 Å². The second kappa shape index (κ2) is 6.77. The van der Waals surface area contributed by atoms with Crippen molar-refractivity contribution in [1.29, 1.82) is 0 Å². The molecule has 1 aliphatic carbocycles. The molecule has 2 atom stereocenters. The maximum Gasteiger partial charge on any atom is 0.225 e. The second-order valence-electron chi connectivity index (χ2n) is 6.15. The highest BCUT2D eigenvalue weighted by Crippen LogP contribution is 2.20. The van der Waals surface area contributed by atoms with E-state index in [4.69, 9.17) is 0 Å². The van der Waals surface area contributed by atoms with Crippen molar-refractivity contribution in [3.63, 3.8) is 0 Å². The highest BCUT2D eigenvalue weighted by Gasteiger charge is 2.31. The van der Waals surface area contributed by atoms with Crippen molar-refractivity contribution in [2.24, 2.45) is 5.92 Å². The van der Waals surface area contributed by atoms with E-state index in [1.54, 1.807) is 0 Å². The fourth-order valence-electron chi connectivity index (χ4n) is 3.18. The molecule has 1 N–H and O–H groups in total. The largest absolute Gasteiger partial charge is 0.351 e. The van der Waals surface area contributed by atoms with Crippen LogP contribution in [0, 0.1) is 5.92 Å². The van der Waals surface area contributed by atoms with Crippen LogP contribution in [0.25, 0.3) is 0 Å². The minimum Gasteiger partial charge on any atom is -0.351 e. The zero-order valence-electron chi connectivity index (χ0n) is 12.7. The van der Waals surface area contributed by atoms with Gasteiger partial charge in [-0.3, -0.25) is 9.59 Å². The van der Waals surface area contributed by atoms with Crippen LogP contribution in [-0.4, -0.2) is 29.3 Å². The van der Waals surface area contributed by atoms with Crippen LogP contribution in [0.5, 0.6) is 0 Å². The summed E-state index contributed by atoms with van der Waals surface area (Å²) in [4.78, 5) is 26.2. The lowest BCUT2D eigenvalue weighted by Crippen LogP contribution is -2.40. The molecule has 1 aromatic carbocycles. The third-order valence-electron chi connectivity index (χ3n) is 4.42. The zero-order chi connectivity index (χ0) is 15.4. The Kier molecular flexibility index (Phi) is 4.56. The maximum absolute atomic E-state index is 12.3. The lowest BCUT2D eigenvalue weighted by Gasteiger charge is -2.21. The summed E-state index contributed by atoms with van der Waals surface area (Å²) in [5.41, 5.74) is 1.13. The molecule has 0 aromatic heterocycles. The van der Waals surface area contributed by atoms with E-state index in [2.05, 4.69) is 17.5 Å². The Hall–Kier alpha value is -2.10. The van der Waals surface area contributed by atoms with E-state index in [-0.39, 0.29) is 23.8 Å². The number of benzene rings is 1. The molecule has 4 nitrogen and oxygen atoms in total. The van der Waals surface area contributed by atoms with E-state index in [1.165, 1.54) is 0 Å². The lowest BCUT2D eigenvalue weighted by molar-refractivity contribution is -0.128. The van der Waals surface area contributed by atoms with Crippen molar-refractivity contribution < 1.29 is 9.59 Å². The van der Waals surface area contributed by atoms with Gasteiger partial charge in [0.15, 0.2) is 0 Å². The highest BCUT2D eigenvalue weighted by molar-refractivity contribution is 5.83. The zero-order valence-corrected chi connectivity index (χ0v) is 12.7. The Morgan fingerprint density at radius 3 is 2.77 bits per heavy atom. The Morgan fingerprint density at radius 2 is 2.05 bits per heavy atom. The number of nitrogens with zero attached hydrogens (tertiary/aromatic N) is 1. The smallest absolute Gasteiger partial charge is 0.225 e. The van der Waals surface area contributed by atoms with Gasteiger partial charge in [0.1, 0.15) is 0 Å². The van der Waals surface area contributed by atoms with E-state index in [1.807, 2.05) is 35.2 Å². The molecule has 0 spiro atoms. The topological polar surface area (TPSA) is 49.4 Å². The molecule has 1 saturated heterocycles. The standard InChI is InChI=1S/C18H22N2O2/c21-17-11-16(19-18(22)15-9-5-2-6-10-15)13-20(17)12-14-7-3-1-4-8-14/h1-5,7-8,15-16H,6,9-13H2,(H,19,22)/t15-,16-/m1/s1. The average molecular weight is 298 g/mol. The van der Waals surface area contributed by atoms with E-state index in [0.717, 1.165) is 24.8 Å². The molecule has 1 aliphatic heterocycles. The van der Waals surface area contributed by atoms with Gasteiger partial charge >= 0.3 is 0 Å². The van der Waals surface area contributed by atoms with Gasteiger partial charge in [0.25, 0.3) is 0 Å². The van der Waals surface area contributed by atoms with Gasteiger partial charge in [0.2, 0.25) is 11.8 Å². The van der Waals surface area contributed by atoms with Crippen molar-refractivity contribution in [2.45, 2.75) is 38.3 Å². The quantitative estimate of drug-likeness (QED) is 0.867. The number of carbonyl (C=O) groups excluding carboxylic acids is 2. The van der Waals surface area contributed by atoms with Crippen LogP contribution in [0.3, 0.4) is 0 Å². The van der Waals surface area contributed by atoms with Gasteiger partial charge < -0.3 is 10.2 Å². The molecule has 1 heterocycles. The van der Waals surface area contributed by atoms with Crippen LogP contribution in [0.1, 0.15) is 31.2 Å². The number of hydrogen-bond acceptors (Lipinski definition) is 2. The predicted molar refractivity (Wildman–Crippen MR) is 84.9 cm³/mol. The summed E-state index contributed by atoms with van der Waals surface area (Å²) in [5, 5.41) is 3.06. The number of carbonyl (C=O) groups is 2. The third kappa shape index (κ3) is 3.56. The highest BCUT2D eigenvalue weighted by atomic mass is 16.2. The molecule has 3 rings (SSSR count). The average Bonchev–Trinajstić information content (AvgIpc) is 2.88. The monoisotopic (exact) mass is 298 g/mol. The Morgan fingerprint density at radius 1 is 1.23 bits per heavy atom. The predicted octanol–water partition coefficient (Wildman–Crippen LogP) is 2.26. The van der Waals surface area contributed by atoms with Crippen molar-refractivity contribution in [2.75, 3.05) is 6.54 Å². The van der Waals surface area contributed by atoms with Crippen molar-refractivity contribution in [3.8, 4) is 0 Å². The van der Waals surface area contributed by atoms with E-state index < -0.39 is 0 Å². The molecule has 22 heavy (non-hydrogen) atoms. The van der Waals surface area contributed by atoms with Gasteiger partial charge in [-0.05, 0) is 24.8 Å². The molecular formula is C18H22N2O2. The van der Waals surface area contributed by atoms with Gasteiger partial charge in [-0.25, -0.2) is 0 Å². The first-order valence-corrected chi connectivity index (χ1v) is 7.99. The summed E-state index contributed by atoms with van der Waals surface area (Å²) in [5.74, 6) is 0.296. The number of allylic oxidation sites excluding steroid dienone is 2. The number of hydrogen-bond donors (Lipinski definition) is 1. The van der Waals surface area contributed by atoms with Crippen molar-refractivity contribution in [3.05, 3.63) is 48.0 Å². The molecule has 0 unspecified atom stereocenters. The fraction of sp³-hybridized carbons (Fsp3) is 0.444. The Labute approximate surface area is 131 Å². The van der Waals surface area contributed by atoms with Crippen LogP contribution in [0.15, 0.2) is 42.5 Å². The third-order valence-corrected chi connectivity index (χ3v) is 4.42. The minimum absolute atomic E-state index is 0.0466. The van der Waals surface area contributed by atoms with Crippen LogP contribution < -0.4 is 5.32 Å². The molecular weight excluding hydrogens is 276 g/mol. The normalized spacial score (nSPS) is 24.5. The molecule has 0 saturated carbocycles. The maximum atomic E-state index is 12.3. The molecule has 2 amide bonds. The summed E-state index contributed by atoms with van der Waals surface area (Å²) in [7, 11) is 0. The molecule has 4 heteroatoms. The van der Waals surface area contributed by atoms with Crippen LogP contribution in [-0.2, 0) is 16.1 Å². The first kappa shape index (κ1) is 14.8. The number of nitrogens with one attached hydrogen (secondary N) is 1. The molecule has 1 aromatic rings. The fourth-order valence-corrected chi connectivity index (χ4v) is 3.18. The number of rotatable bonds is 4. The van der Waals surface area contributed by atoms with Crippen LogP contribution in [0.4, 0.5) is 0 Å². The van der Waals surface area contributed by atoms with Crippen molar-refractivity contribution >= 4 is 11.8 Å². The van der Waals surface area contributed by atoms with E-state index in [9.17, 15) is 9.59 Å². The van der Waals surface area contributed by atoms with Gasteiger partial charge in [0, 0.05) is 25.4 Å². The van der Waals surface area contributed by atoms with Gasteiger partial charge in [-0.1, -0.05) is 42.5 Å². The SMILES string of the molecule is O=C(N[C@@H]1CC(=O)N(Cc2ccccc2)C1)[C@@H]1CC=CCC1. The summed E-state index contributed by atoms with van der Waals surface area (Å²) in [6.45, 7) is 1.24. The van der Waals surface area contributed by atoms with E-state index in [0.29, 0.717) is 19.5 Å². The Bertz CT molecular complexity index is 568. The van der Waals surface area contributed by atoms with Gasteiger partial charge in [-0.2, -0.15) is 0 Å². The number of likely N-dealkylation sites (tertiary alicyclic amines) is 1. The van der Waals surface area contributed by atoms with E-state index >= 15 is 0 Å². The van der Waals surface area contributed by atoms with Crippen LogP contribution >= 0.6 is 0 Å². The lowest BCUT2D eigenvalue weighted by atomic mass is 9.93. The molecule has 0 radical (unpaired) electrons. The molecule has 116 valence electrons. The summed E-state index contributed by atoms with van der Waals surface area (Å²) in [6, 6.07) is 9.92.